The first-order chi connectivity index (χ1) is 10.7. The number of hydrogen-bond donors (Lipinski definition) is 0. The van der Waals surface area contributed by atoms with Gasteiger partial charge in [0.15, 0.2) is 0 Å². The monoisotopic (exact) mass is 322 g/mol. The van der Waals surface area contributed by atoms with E-state index in [0.29, 0.717) is 0 Å². The lowest BCUT2D eigenvalue weighted by Crippen LogP contribution is -2.06. The molecule has 2 heterocycles. The van der Waals surface area contributed by atoms with E-state index >= 15 is 0 Å². The number of aryl methyl sites for hydroxylation is 4. The predicted octanol–water partition coefficient (Wildman–Crippen LogP) is 5.96. The van der Waals surface area contributed by atoms with Crippen molar-refractivity contribution in [1.29, 1.82) is 0 Å². The third-order valence-corrected chi connectivity index (χ3v) is 7.61. The van der Waals surface area contributed by atoms with Crippen molar-refractivity contribution < 1.29 is 0 Å². The van der Waals surface area contributed by atoms with E-state index in [2.05, 4.69) is 49.4 Å². The summed E-state index contributed by atoms with van der Waals surface area (Å²) in [5.74, 6) is 0. The SMILES string of the molecule is Cc1ccc2c(c1)CCc1c-2sc2c1CCc1cc(C)sc1-2. The molecule has 0 atom stereocenters. The summed E-state index contributed by atoms with van der Waals surface area (Å²) in [6.45, 7) is 4.45. The van der Waals surface area contributed by atoms with Crippen molar-refractivity contribution in [2.75, 3.05) is 0 Å². The summed E-state index contributed by atoms with van der Waals surface area (Å²) in [5.41, 5.74) is 9.35. The molecule has 0 amide bonds. The lowest BCUT2D eigenvalue weighted by Gasteiger charge is -2.19. The van der Waals surface area contributed by atoms with Crippen LogP contribution in [0.4, 0.5) is 0 Å². The number of rotatable bonds is 0. The number of hydrogen-bond acceptors (Lipinski definition) is 2. The third kappa shape index (κ3) is 1.74. The summed E-state index contributed by atoms with van der Waals surface area (Å²) in [6, 6.07) is 9.41. The summed E-state index contributed by atoms with van der Waals surface area (Å²) < 4.78 is 0. The molecule has 0 saturated carbocycles. The maximum atomic E-state index is 2.40. The molecule has 0 spiro atoms. The van der Waals surface area contributed by atoms with Gasteiger partial charge >= 0.3 is 0 Å². The maximum Gasteiger partial charge on any atom is 0.0487 e. The van der Waals surface area contributed by atoms with Crippen LogP contribution < -0.4 is 0 Å². The van der Waals surface area contributed by atoms with Crippen molar-refractivity contribution in [3.63, 3.8) is 0 Å². The summed E-state index contributed by atoms with van der Waals surface area (Å²) in [7, 11) is 0. The Balaban J connectivity index is 1.76. The topological polar surface area (TPSA) is 0 Å². The fraction of sp³-hybridized carbons (Fsp3) is 0.300. The average molecular weight is 322 g/mol. The summed E-state index contributed by atoms with van der Waals surface area (Å²) >= 11 is 4.04. The molecule has 0 unspecified atom stereocenters. The molecule has 0 N–H and O–H groups in total. The van der Waals surface area contributed by atoms with Gasteiger partial charge in [0.25, 0.3) is 0 Å². The molecule has 5 rings (SSSR count). The first-order valence-corrected chi connectivity index (χ1v) is 9.68. The van der Waals surface area contributed by atoms with Gasteiger partial charge in [0.2, 0.25) is 0 Å². The molecule has 0 aliphatic heterocycles. The van der Waals surface area contributed by atoms with Crippen LogP contribution >= 0.6 is 22.7 Å². The van der Waals surface area contributed by atoms with Crippen molar-refractivity contribution in [1.82, 2.24) is 0 Å². The largest absolute Gasteiger partial charge is 0.139 e. The second-order valence-corrected chi connectivity index (χ2v) is 8.87. The van der Waals surface area contributed by atoms with E-state index in [0.717, 1.165) is 0 Å². The number of thiophene rings is 2. The highest BCUT2D eigenvalue weighted by Gasteiger charge is 2.29. The van der Waals surface area contributed by atoms with Crippen LogP contribution in [0.3, 0.4) is 0 Å². The van der Waals surface area contributed by atoms with Crippen LogP contribution in [0.25, 0.3) is 20.2 Å². The molecule has 2 aromatic heterocycles. The Morgan fingerprint density at radius 2 is 1.50 bits per heavy atom. The van der Waals surface area contributed by atoms with E-state index in [-0.39, 0.29) is 0 Å². The minimum Gasteiger partial charge on any atom is -0.139 e. The molecule has 0 bridgehead atoms. The van der Waals surface area contributed by atoms with E-state index < -0.39 is 0 Å². The van der Waals surface area contributed by atoms with Crippen LogP contribution in [0.15, 0.2) is 24.3 Å². The summed E-state index contributed by atoms with van der Waals surface area (Å²) in [6.07, 6.45) is 4.92. The van der Waals surface area contributed by atoms with Crippen LogP contribution in [0.5, 0.6) is 0 Å². The molecule has 110 valence electrons. The van der Waals surface area contributed by atoms with Gasteiger partial charge in [-0.2, -0.15) is 0 Å². The molecule has 2 aliphatic carbocycles. The van der Waals surface area contributed by atoms with E-state index in [4.69, 9.17) is 0 Å². The third-order valence-electron chi connectivity index (χ3n) is 5.05. The van der Waals surface area contributed by atoms with Gasteiger partial charge in [0.05, 0.1) is 0 Å². The fourth-order valence-corrected chi connectivity index (χ4v) is 6.76. The molecule has 0 fully saturated rings. The number of fused-ring (bicyclic) bond motifs is 7. The molecule has 0 nitrogen and oxygen atoms in total. The number of benzene rings is 1. The Bertz CT molecular complexity index is 908. The van der Waals surface area contributed by atoms with Crippen molar-refractivity contribution in [2.24, 2.45) is 0 Å². The van der Waals surface area contributed by atoms with E-state index in [1.54, 1.807) is 36.9 Å². The van der Waals surface area contributed by atoms with E-state index in [9.17, 15) is 0 Å². The quantitative estimate of drug-likeness (QED) is 0.479. The van der Waals surface area contributed by atoms with Gasteiger partial charge in [-0.05, 0) is 73.4 Å². The molecule has 3 aromatic rings. The molecule has 2 heteroatoms. The summed E-state index contributed by atoms with van der Waals surface area (Å²) in [4.78, 5) is 6.16. The Morgan fingerprint density at radius 3 is 2.36 bits per heavy atom. The Morgan fingerprint density at radius 1 is 0.727 bits per heavy atom. The Hall–Kier alpha value is -1.38. The molecule has 0 radical (unpaired) electrons. The van der Waals surface area contributed by atoms with Crippen molar-refractivity contribution in [2.45, 2.75) is 39.5 Å². The zero-order chi connectivity index (χ0) is 14.8. The highest BCUT2D eigenvalue weighted by atomic mass is 32.1. The van der Waals surface area contributed by atoms with Crippen LogP contribution in [-0.4, -0.2) is 0 Å². The highest BCUT2D eigenvalue weighted by molar-refractivity contribution is 7.24. The second-order valence-electron chi connectivity index (χ2n) is 6.59. The average Bonchev–Trinajstić information content (AvgIpc) is 3.05. The molecule has 0 saturated heterocycles. The van der Waals surface area contributed by atoms with Gasteiger partial charge in [0.1, 0.15) is 0 Å². The molecule has 22 heavy (non-hydrogen) atoms. The van der Waals surface area contributed by atoms with Crippen molar-refractivity contribution in [3.05, 3.63) is 57.0 Å². The fourth-order valence-electron chi connectivity index (χ4n) is 4.04. The molecule has 1 aromatic carbocycles. The van der Waals surface area contributed by atoms with Gasteiger partial charge < -0.3 is 0 Å². The minimum absolute atomic E-state index is 1.21. The lowest BCUT2D eigenvalue weighted by molar-refractivity contribution is 0.888. The van der Waals surface area contributed by atoms with Gasteiger partial charge in [-0.15, -0.1) is 22.7 Å². The first-order valence-electron chi connectivity index (χ1n) is 8.05. The van der Waals surface area contributed by atoms with E-state index in [1.165, 1.54) is 41.7 Å². The van der Waals surface area contributed by atoms with Crippen LogP contribution in [-0.2, 0) is 25.7 Å². The zero-order valence-electron chi connectivity index (χ0n) is 13.0. The van der Waals surface area contributed by atoms with Crippen molar-refractivity contribution in [3.8, 4) is 20.2 Å². The molecular weight excluding hydrogens is 304 g/mol. The lowest BCUT2D eigenvalue weighted by atomic mass is 9.85. The van der Waals surface area contributed by atoms with Crippen LogP contribution in [0.2, 0.25) is 0 Å². The zero-order valence-corrected chi connectivity index (χ0v) is 14.6. The second kappa shape index (κ2) is 4.56. The molecule has 2 aliphatic rings. The van der Waals surface area contributed by atoms with Gasteiger partial charge in [-0.3, -0.25) is 0 Å². The highest BCUT2D eigenvalue weighted by Crippen LogP contribution is 2.51. The van der Waals surface area contributed by atoms with Gasteiger partial charge in [-0.1, -0.05) is 23.8 Å². The predicted molar refractivity (Wildman–Crippen MR) is 97.4 cm³/mol. The van der Waals surface area contributed by atoms with Crippen LogP contribution in [0, 0.1) is 13.8 Å². The standard InChI is InChI=1S/C20H18S2/c1-11-3-6-15-13(9-11)4-7-16-17-8-5-14-10-12(2)21-18(14)20(17)22-19(15)16/h3,6,9-10H,4-5,7-8H2,1-2H3. The summed E-state index contributed by atoms with van der Waals surface area (Å²) in [5, 5.41) is 0. The smallest absolute Gasteiger partial charge is 0.0487 e. The molecular formula is C20H18S2. The Kier molecular flexibility index (Phi) is 2.71. The van der Waals surface area contributed by atoms with E-state index in [1.807, 2.05) is 11.3 Å². The minimum atomic E-state index is 1.21. The first kappa shape index (κ1) is 13.1. The van der Waals surface area contributed by atoms with Crippen molar-refractivity contribution >= 4 is 22.7 Å². The normalized spacial score (nSPS) is 15.0. The van der Waals surface area contributed by atoms with Gasteiger partial charge in [0, 0.05) is 19.5 Å². The van der Waals surface area contributed by atoms with Gasteiger partial charge in [-0.25, -0.2) is 0 Å². The Labute approximate surface area is 139 Å². The maximum absolute atomic E-state index is 2.40. The van der Waals surface area contributed by atoms with Crippen LogP contribution in [0.1, 0.15) is 32.7 Å².